The summed E-state index contributed by atoms with van der Waals surface area (Å²) < 4.78 is 2.90. The first-order valence-electron chi connectivity index (χ1n) is 7.77. The molecule has 4 nitrogen and oxygen atoms in total. The lowest BCUT2D eigenvalue weighted by Gasteiger charge is -2.37. The van der Waals surface area contributed by atoms with E-state index in [1.54, 1.807) is 0 Å². The number of carbonyl (C=O) groups is 1. The Kier molecular flexibility index (Phi) is 4.28. The second-order valence-corrected chi connectivity index (χ2v) is 6.95. The third kappa shape index (κ3) is 2.57. The Bertz CT molecular complexity index is 660. The van der Waals surface area contributed by atoms with Gasteiger partial charge < -0.3 is 9.47 Å². The first-order valence-corrected chi connectivity index (χ1v) is 8.56. The van der Waals surface area contributed by atoms with Crippen molar-refractivity contribution in [3.8, 4) is 0 Å². The lowest BCUT2D eigenvalue weighted by molar-refractivity contribution is 0.0586. The van der Waals surface area contributed by atoms with Gasteiger partial charge in [-0.25, -0.2) is 0 Å². The Morgan fingerprint density at radius 3 is 2.36 bits per heavy atom. The fraction of sp³-hybridized carbons (Fsp3) is 0.471. The summed E-state index contributed by atoms with van der Waals surface area (Å²) in [5.41, 5.74) is 1.83. The molecular formula is C17H22BrN3O. The minimum atomic E-state index is 0.119. The minimum absolute atomic E-state index is 0.119. The second-order valence-electron chi connectivity index (χ2n) is 6.16. The van der Waals surface area contributed by atoms with Gasteiger partial charge in [-0.2, -0.15) is 0 Å². The van der Waals surface area contributed by atoms with Crippen LogP contribution in [0.4, 0.5) is 0 Å². The van der Waals surface area contributed by atoms with Crippen LogP contribution in [0, 0.1) is 0 Å². The standard InChI is InChI=1S/C17H22BrN3O/c1-12(2)20-8-10-21(11-9-20)17(22)16-15(18)13-6-4-5-7-14(13)19(16)3/h4-7,12H,8-11H2,1-3H3. The molecule has 118 valence electrons. The molecule has 1 amide bonds. The lowest BCUT2D eigenvalue weighted by atomic mass is 10.2. The molecule has 0 bridgehead atoms. The van der Waals surface area contributed by atoms with Gasteiger partial charge in [0.1, 0.15) is 5.69 Å². The monoisotopic (exact) mass is 363 g/mol. The quantitative estimate of drug-likeness (QED) is 0.819. The molecule has 1 fully saturated rings. The van der Waals surface area contributed by atoms with Crippen LogP contribution >= 0.6 is 15.9 Å². The molecule has 1 aromatic heterocycles. The first kappa shape index (κ1) is 15.6. The number of aryl methyl sites for hydroxylation is 1. The van der Waals surface area contributed by atoms with Crippen molar-refractivity contribution < 1.29 is 4.79 Å². The van der Waals surface area contributed by atoms with Crippen LogP contribution < -0.4 is 0 Å². The molecule has 1 aliphatic rings. The molecule has 2 heterocycles. The van der Waals surface area contributed by atoms with Gasteiger partial charge in [0.15, 0.2) is 0 Å². The van der Waals surface area contributed by atoms with E-state index >= 15 is 0 Å². The van der Waals surface area contributed by atoms with Crippen LogP contribution in [-0.4, -0.2) is 52.5 Å². The number of amides is 1. The normalized spacial score (nSPS) is 16.7. The fourth-order valence-corrected chi connectivity index (χ4v) is 3.95. The van der Waals surface area contributed by atoms with E-state index in [-0.39, 0.29) is 5.91 Å². The zero-order valence-corrected chi connectivity index (χ0v) is 14.9. The summed E-state index contributed by atoms with van der Waals surface area (Å²) in [5.74, 6) is 0.119. The molecule has 0 radical (unpaired) electrons. The molecule has 1 saturated heterocycles. The third-order valence-electron chi connectivity index (χ3n) is 4.58. The molecule has 0 atom stereocenters. The van der Waals surface area contributed by atoms with Crippen LogP contribution in [0.15, 0.2) is 28.7 Å². The van der Waals surface area contributed by atoms with E-state index in [9.17, 15) is 4.79 Å². The van der Waals surface area contributed by atoms with Crippen molar-refractivity contribution in [3.63, 3.8) is 0 Å². The number of hydrogen-bond donors (Lipinski definition) is 0. The van der Waals surface area contributed by atoms with E-state index in [0.717, 1.165) is 47.2 Å². The summed E-state index contributed by atoms with van der Waals surface area (Å²) in [6.45, 7) is 7.90. The van der Waals surface area contributed by atoms with Crippen molar-refractivity contribution in [1.82, 2.24) is 14.4 Å². The SMILES string of the molecule is CC(C)N1CCN(C(=O)c2c(Br)c3ccccc3n2C)CC1. The second kappa shape index (κ2) is 6.05. The molecule has 2 aromatic rings. The Balaban J connectivity index is 1.87. The number of fused-ring (bicyclic) bond motifs is 1. The fourth-order valence-electron chi connectivity index (χ4n) is 3.18. The highest BCUT2D eigenvalue weighted by Crippen LogP contribution is 2.31. The van der Waals surface area contributed by atoms with Crippen LogP contribution in [0.25, 0.3) is 10.9 Å². The maximum Gasteiger partial charge on any atom is 0.271 e. The predicted octanol–water partition coefficient (Wildman–Crippen LogP) is 3.11. The van der Waals surface area contributed by atoms with Crippen LogP contribution in [0.5, 0.6) is 0 Å². The molecule has 1 aromatic carbocycles. The van der Waals surface area contributed by atoms with E-state index < -0.39 is 0 Å². The van der Waals surface area contributed by atoms with Crippen molar-refractivity contribution >= 4 is 32.7 Å². The molecule has 22 heavy (non-hydrogen) atoms. The van der Waals surface area contributed by atoms with Gasteiger partial charge in [0.05, 0.1) is 4.47 Å². The number of aromatic nitrogens is 1. The van der Waals surface area contributed by atoms with Crippen molar-refractivity contribution in [1.29, 1.82) is 0 Å². The van der Waals surface area contributed by atoms with Gasteiger partial charge in [-0.1, -0.05) is 18.2 Å². The van der Waals surface area contributed by atoms with Gasteiger partial charge in [0.2, 0.25) is 0 Å². The molecule has 1 aliphatic heterocycles. The molecule has 0 spiro atoms. The van der Waals surface area contributed by atoms with E-state index in [0.29, 0.717) is 6.04 Å². The van der Waals surface area contributed by atoms with Crippen molar-refractivity contribution in [2.75, 3.05) is 26.2 Å². The summed E-state index contributed by atoms with van der Waals surface area (Å²) in [6, 6.07) is 8.65. The van der Waals surface area contributed by atoms with Gasteiger partial charge in [-0.15, -0.1) is 0 Å². The van der Waals surface area contributed by atoms with E-state index in [1.165, 1.54) is 0 Å². The van der Waals surface area contributed by atoms with Gasteiger partial charge in [0.25, 0.3) is 5.91 Å². The van der Waals surface area contributed by atoms with Gasteiger partial charge in [0, 0.05) is 50.2 Å². The highest BCUT2D eigenvalue weighted by molar-refractivity contribution is 9.10. The number of piperazine rings is 1. The summed E-state index contributed by atoms with van der Waals surface area (Å²) in [5, 5.41) is 1.09. The van der Waals surface area contributed by atoms with Crippen molar-refractivity contribution in [2.24, 2.45) is 7.05 Å². The number of rotatable bonds is 2. The summed E-state index contributed by atoms with van der Waals surface area (Å²) in [6.07, 6.45) is 0. The highest BCUT2D eigenvalue weighted by atomic mass is 79.9. The molecule has 5 heteroatoms. The topological polar surface area (TPSA) is 28.5 Å². The molecular weight excluding hydrogens is 342 g/mol. The average Bonchev–Trinajstić information content (AvgIpc) is 2.79. The molecule has 0 aliphatic carbocycles. The van der Waals surface area contributed by atoms with Gasteiger partial charge in [-0.05, 0) is 35.8 Å². The zero-order valence-electron chi connectivity index (χ0n) is 13.3. The molecule has 3 rings (SSSR count). The smallest absolute Gasteiger partial charge is 0.271 e. The molecule has 0 unspecified atom stereocenters. The highest BCUT2D eigenvalue weighted by Gasteiger charge is 2.27. The van der Waals surface area contributed by atoms with E-state index in [2.05, 4.69) is 34.7 Å². The van der Waals surface area contributed by atoms with Crippen molar-refractivity contribution in [3.05, 3.63) is 34.4 Å². The van der Waals surface area contributed by atoms with Gasteiger partial charge >= 0.3 is 0 Å². The molecule has 0 saturated carbocycles. The van der Waals surface area contributed by atoms with Gasteiger partial charge in [-0.3, -0.25) is 9.69 Å². The van der Waals surface area contributed by atoms with Crippen LogP contribution in [-0.2, 0) is 7.05 Å². The zero-order chi connectivity index (χ0) is 15.9. The van der Waals surface area contributed by atoms with Crippen molar-refractivity contribution in [2.45, 2.75) is 19.9 Å². The third-order valence-corrected chi connectivity index (χ3v) is 5.38. The van der Waals surface area contributed by atoms with Crippen LogP contribution in [0.3, 0.4) is 0 Å². The number of para-hydroxylation sites is 1. The number of halogens is 1. The lowest BCUT2D eigenvalue weighted by Crippen LogP contribution is -2.51. The Hall–Kier alpha value is -1.33. The Morgan fingerprint density at radius 2 is 1.77 bits per heavy atom. The number of carbonyl (C=O) groups excluding carboxylic acids is 1. The maximum absolute atomic E-state index is 12.9. The summed E-state index contributed by atoms with van der Waals surface area (Å²) >= 11 is 3.63. The largest absolute Gasteiger partial charge is 0.339 e. The summed E-state index contributed by atoms with van der Waals surface area (Å²) in [7, 11) is 1.96. The van der Waals surface area contributed by atoms with Crippen LogP contribution in [0.2, 0.25) is 0 Å². The number of hydrogen-bond acceptors (Lipinski definition) is 2. The van der Waals surface area contributed by atoms with E-state index in [1.807, 2.05) is 40.8 Å². The number of nitrogens with zero attached hydrogens (tertiary/aromatic N) is 3. The Labute approximate surface area is 139 Å². The maximum atomic E-state index is 12.9. The Morgan fingerprint density at radius 1 is 1.14 bits per heavy atom. The minimum Gasteiger partial charge on any atom is -0.339 e. The predicted molar refractivity (Wildman–Crippen MR) is 93.2 cm³/mol. The van der Waals surface area contributed by atoms with E-state index in [4.69, 9.17) is 0 Å². The summed E-state index contributed by atoms with van der Waals surface area (Å²) in [4.78, 5) is 17.3. The average molecular weight is 364 g/mol. The molecule has 0 N–H and O–H groups in total. The van der Waals surface area contributed by atoms with Crippen LogP contribution in [0.1, 0.15) is 24.3 Å². The number of benzene rings is 1. The first-order chi connectivity index (χ1) is 10.5.